The van der Waals surface area contributed by atoms with Gasteiger partial charge in [-0.05, 0) is 50.1 Å². The van der Waals surface area contributed by atoms with Gasteiger partial charge in [-0.25, -0.2) is 4.68 Å². The number of anilines is 2. The lowest BCUT2D eigenvalue weighted by atomic mass is 9.94. The number of aryl methyl sites for hydroxylation is 2. The number of nitrogens with zero attached hydrogens (tertiary/aromatic N) is 3. The predicted octanol–water partition coefficient (Wildman–Crippen LogP) is 3.21. The largest absolute Gasteiger partial charge is 0.486 e. The molecule has 0 fully saturated rings. The summed E-state index contributed by atoms with van der Waals surface area (Å²) < 4.78 is 13.2. The summed E-state index contributed by atoms with van der Waals surface area (Å²) in [6.45, 7) is 4.90. The molecular formula is C25H27N5O4. The molecule has 1 aromatic heterocycles. The lowest BCUT2D eigenvalue weighted by Gasteiger charge is -2.29. The van der Waals surface area contributed by atoms with Crippen LogP contribution in [0.4, 0.5) is 11.6 Å². The molecule has 3 heterocycles. The lowest BCUT2D eigenvalue weighted by molar-refractivity contribution is -0.113. The zero-order valence-electron chi connectivity index (χ0n) is 19.2. The van der Waals surface area contributed by atoms with Crippen molar-refractivity contribution in [3.8, 4) is 11.5 Å². The second-order valence-electron chi connectivity index (χ2n) is 8.41. The number of ether oxygens (including phenoxy) is 2. The second-order valence-corrected chi connectivity index (χ2v) is 8.41. The molecule has 9 nitrogen and oxygen atoms in total. The zero-order chi connectivity index (χ0) is 23.7. The molecule has 5 rings (SSSR count). The van der Waals surface area contributed by atoms with Crippen LogP contribution in [-0.4, -0.2) is 45.6 Å². The third-order valence-corrected chi connectivity index (χ3v) is 5.89. The first kappa shape index (κ1) is 22.0. The Morgan fingerprint density at radius 1 is 1.15 bits per heavy atom. The van der Waals surface area contributed by atoms with Crippen molar-refractivity contribution < 1.29 is 19.4 Å². The SMILES string of the molecule is CC1=C(C(=O)Nc2ccc(C)cc2)C(c2ccc3c(c2)OCCO3)n2nc(CCCO)nc2N1. The maximum absolute atomic E-state index is 13.6. The van der Waals surface area contributed by atoms with Gasteiger partial charge in [0.15, 0.2) is 17.3 Å². The Hall–Kier alpha value is -3.85. The number of carbonyl (C=O) groups is 1. The fourth-order valence-electron chi connectivity index (χ4n) is 4.21. The van der Waals surface area contributed by atoms with Crippen LogP contribution in [0.5, 0.6) is 11.5 Å². The average Bonchev–Trinajstić information content (AvgIpc) is 3.25. The van der Waals surface area contributed by atoms with E-state index >= 15 is 0 Å². The molecule has 1 atom stereocenters. The molecule has 0 spiro atoms. The van der Waals surface area contributed by atoms with Crippen molar-refractivity contribution in [1.82, 2.24) is 14.8 Å². The molecule has 176 valence electrons. The number of benzene rings is 2. The van der Waals surface area contributed by atoms with Crippen LogP contribution in [0.25, 0.3) is 0 Å². The second kappa shape index (κ2) is 9.18. The maximum Gasteiger partial charge on any atom is 0.255 e. The van der Waals surface area contributed by atoms with Gasteiger partial charge in [-0.2, -0.15) is 10.1 Å². The highest BCUT2D eigenvalue weighted by Gasteiger charge is 2.35. The minimum atomic E-state index is -0.520. The molecule has 1 unspecified atom stereocenters. The van der Waals surface area contributed by atoms with Crippen LogP contribution >= 0.6 is 0 Å². The Morgan fingerprint density at radius 3 is 2.68 bits per heavy atom. The highest BCUT2D eigenvalue weighted by atomic mass is 16.6. The highest BCUT2D eigenvalue weighted by Crippen LogP contribution is 2.40. The Bertz CT molecular complexity index is 1250. The minimum absolute atomic E-state index is 0.0599. The fraction of sp³-hybridized carbons (Fsp3) is 0.320. The number of aliphatic hydroxyl groups excluding tert-OH is 1. The van der Waals surface area contributed by atoms with E-state index in [1.807, 2.05) is 56.3 Å². The van der Waals surface area contributed by atoms with Crippen LogP contribution in [0.15, 0.2) is 53.7 Å². The first-order valence-electron chi connectivity index (χ1n) is 11.3. The molecule has 2 aliphatic heterocycles. The number of fused-ring (bicyclic) bond motifs is 2. The summed E-state index contributed by atoms with van der Waals surface area (Å²) in [7, 11) is 0. The number of hydrogen-bond donors (Lipinski definition) is 3. The maximum atomic E-state index is 13.6. The van der Waals surface area contributed by atoms with Crippen molar-refractivity contribution in [3.05, 3.63) is 70.7 Å². The van der Waals surface area contributed by atoms with Gasteiger partial charge in [-0.15, -0.1) is 0 Å². The van der Waals surface area contributed by atoms with Crippen LogP contribution < -0.4 is 20.1 Å². The van der Waals surface area contributed by atoms with E-state index in [-0.39, 0.29) is 12.5 Å². The van der Waals surface area contributed by atoms with Gasteiger partial charge in [0, 0.05) is 24.4 Å². The molecule has 2 aromatic carbocycles. The van der Waals surface area contributed by atoms with Gasteiger partial charge in [0.2, 0.25) is 5.95 Å². The van der Waals surface area contributed by atoms with Crippen LogP contribution in [0.3, 0.4) is 0 Å². The van der Waals surface area contributed by atoms with E-state index in [1.54, 1.807) is 4.68 Å². The van der Waals surface area contributed by atoms with E-state index < -0.39 is 6.04 Å². The first-order valence-corrected chi connectivity index (χ1v) is 11.3. The number of nitrogens with one attached hydrogen (secondary N) is 2. The molecule has 0 saturated carbocycles. The normalized spacial score (nSPS) is 16.6. The average molecular weight is 462 g/mol. The van der Waals surface area contributed by atoms with Gasteiger partial charge in [0.25, 0.3) is 5.91 Å². The summed E-state index contributed by atoms with van der Waals surface area (Å²) in [5.41, 5.74) is 3.88. The fourth-order valence-corrected chi connectivity index (χ4v) is 4.21. The number of hydrogen-bond acceptors (Lipinski definition) is 7. The summed E-state index contributed by atoms with van der Waals surface area (Å²) >= 11 is 0. The van der Waals surface area contributed by atoms with Crippen molar-refractivity contribution in [3.63, 3.8) is 0 Å². The van der Waals surface area contributed by atoms with E-state index in [4.69, 9.17) is 9.47 Å². The van der Waals surface area contributed by atoms with Crippen molar-refractivity contribution >= 4 is 17.5 Å². The Labute approximate surface area is 197 Å². The molecule has 3 N–H and O–H groups in total. The molecule has 34 heavy (non-hydrogen) atoms. The highest BCUT2D eigenvalue weighted by molar-refractivity contribution is 6.06. The number of carbonyl (C=O) groups excluding carboxylic acids is 1. The van der Waals surface area contributed by atoms with E-state index in [9.17, 15) is 9.90 Å². The molecule has 0 bridgehead atoms. The summed E-state index contributed by atoms with van der Waals surface area (Å²) in [6, 6.07) is 12.8. The smallest absolute Gasteiger partial charge is 0.255 e. The summed E-state index contributed by atoms with van der Waals surface area (Å²) in [4.78, 5) is 18.2. The molecule has 1 amide bonds. The van der Waals surface area contributed by atoms with Crippen LogP contribution in [-0.2, 0) is 11.2 Å². The van der Waals surface area contributed by atoms with Crippen molar-refractivity contribution in [1.29, 1.82) is 0 Å². The van der Waals surface area contributed by atoms with Crippen LogP contribution in [0.1, 0.15) is 36.3 Å². The van der Waals surface area contributed by atoms with Gasteiger partial charge in [0.05, 0.1) is 5.57 Å². The number of aliphatic hydroxyl groups is 1. The third kappa shape index (κ3) is 4.22. The molecule has 2 aliphatic rings. The van der Waals surface area contributed by atoms with Gasteiger partial charge in [-0.3, -0.25) is 4.79 Å². The van der Waals surface area contributed by atoms with Gasteiger partial charge in [-0.1, -0.05) is 23.8 Å². The van der Waals surface area contributed by atoms with Gasteiger partial charge in [0.1, 0.15) is 19.3 Å². The molecule has 0 saturated heterocycles. The quantitative estimate of drug-likeness (QED) is 0.517. The van der Waals surface area contributed by atoms with Crippen molar-refractivity contribution in [2.75, 3.05) is 30.5 Å². The topological polar surface area (TPSA) is 111 Å². The Morgan fingerprint density at radius 2 is 1.91 bits per heavy atom. The Kier molecular flexibility index (Phi) is 5.93. The van der Waals surface area contributed by atoms with E-state index in [2.05, 4.69) is 20.7 Å². The van der Waals surface area contributed by atoms with Gasteiger partial charge >= 0.3 is 0 Å². The number of allylic oxidation sites excluding steroid dienone is 1. The summed E-state index contributed by atoms with van der Waals surface area (Å²) in [5.74, 6) is 2.24. The predicted molar refractivity (Wildman–Crippen MR) is 127 cm³/mol. The lowest BCUT2D eigenvalue weighted by Crippen LogP contribution is -2.31. The van der Waals surface area contributed by atoms with E-state index in [0.29, 0.717) is 66.3 Å². The van der Waals surface area contributed by atoms with E-state index in [1.165, 1.54) is 0 Å². The summed E-state index contributed by atoms with van der Waals surface area (Å²) in [5, 5.41) is 20.2. The monoisotopic (exact) mass is 461 g/mol. The van der Waals surface area contributed by atoms with Crippen LogP contribution in [0, 0.1) is 6.92 Å². The standard InChI is InChI=1S/C25H27N5O4/c1-15-5-8-18(9-6-15)27-24(32)22-16(2)26-25-28-21(4-3-11-31)29-30(25)23(22)17-7-10-19-20(14-17)34-13-12-33-19/h5-10,14,23,31H,3-4,11-13H2,1-2H3,(H,27,32)(H,26,28,29). The minimum Gasteiger partial charge on any atom is -0.486 e. The van der Waals surface area contributed by atoms with E-state index in [0.717, 1.165) is 11.1 Å². The molecular weight excluding hydrogens is 434 g/mol. The zero-order valence-corrected chi connectivity index (χ0v) is 19.2. The molecule has 9 heteroatoms. The molecule has 0 aliphatic carbocycles. The first-order chi connectivity index (χ1) is 16.5. The number of aromatic nitrogens is 3. The van der Waals surface area contributed by atoms with Gasteiger partial charge < -0.3 is 25.2 Å². The van der Waals surface area contributed by atoms with Crippen molar-refractivity contribution in [2.24, 2.45) is 0 Å². The number of amides is 1. The summed E-state index contributed by atoms with van der Waals surface area (Å²) in [6.07, 6.45) is 1.10. The van der Waals surface area contributed by atoms with Crippen LogP contribution in [0.2, 0.25) is 0 Å². The third-order valence-electron chi connectivity index (χ3n) is 5.89. The number of rotatable bonds is 6. The van der Waals surface area contributed by atoms with Crippen molar-refractivity contribution in [2.45, 2.75) is 32.7 Å². The molecule has 3 aromatic rings. The molecule has 0 radical (unpaired) electrons. The Balaban J connectivity index is 1.56.